The molecule has 1 atom stereocenters. The van der Waals surface area contributed by atoms with Crippen LogP contribution in [0.25, 0.3) is 0 Å². The molecule has 5 nitrogen and oxygen atoms in total. The van der Waals surface area contributed by atoms with Gasteiger partial charge in [-0.25, -0.2) is 4.79 Å². The Morgan fingerprint density at radius 2 is 2.10 bits per heavy atom. The van der Waals surface area contributed by atoms with Crippen LogP contribution in [0.1, 0.15) is 40.3 Å². The van der Waals surface area contributed by atoms with Gasteiger partial charge in [0.1, 0.15) is 0 Å². The van der Waals surface area contributed by atoms with Gasteiger partial charge in [-0.1, -0.05) is 30.3 Å². The number of hydrogen-bond donors (Lipinski definition) is 2. The highest BCUT2D eigenvalue weighted by Gasteiger charge is 2.21. The fraction of sp³-hybridized carbons (Fsp3) is 0.333. The normalized spacial score (nSPS) is 12.2. The average molecular weight is 273 g/mol. The number of carbonyl (C=O) groups is 1. The summed E-state index contributed by atoms with van der Waals surface area (Å²) in [6, 6.07) is 9.62. The van der Waals surface area contributed by atoms with Crippen molar-refractivity contribution < 1.29 is 9.53 Å². The van der Waals surface area contributed by atoms with E-state index < -0.39 is 5.97 Å². The highest BCUT2D eigenvalue weighted by molar-refractivity contribution is 5.89. The molecular weight excluding hydrogens is 254 g/mol. The van der Waals surface area contributed by atoms with Gasteiger partial charge in [0, 0.05) is 17.3 Å². The van der Waals surface area contributed by atoms with Crippen molar-refractivity contribution in [2.75, 3.05) is 6.61 Å². The van der Waals surface area contributed by atoms with Crippen molar-refractivity contribution in [1.82, 2.24) is 10.2 Å². The highest BCUT2D eigenvalue weighted by Crippen LogP contribution is 2.20. The van der Waals surface area contributed by atoms with Crippen molar-refractivity contribution in [2.24, 2.45) is 5.73 Å². The van der Waals surface area contributed by atoms with Crippen molar-refractivity contribution in [2.45, 2.75) is 26.3 Å². The van der Waals surface area contributed by atoms with Gasteiger partial charge in [-0.3, -0.25) is 5.10 Å². The Labute approximate surface area is 118 Å². The van der Waals surface area contributed by atoms with E-state index in [0.29, 0.717) is 18.7 Å². The zero-order chi connectivity index (χ0) is 14.5. The Hall–Kier alpha value is -2.14. The molecule has 0 saturated carbocycles. The van der Waals surface area contributed by atoms with Gasteiger partial charge in [-0.05, 0) is 25.8 Å². The zero-order valence-corrected chi connectivity index (χ0v) is 11.7. The molecule has 2 rings (SSSR count). The quantitative estimate of drug-likeness (QED) is 0.818. The summed E-state index contributed by atoms with van der Waals surface area (Å²) in [7, 11) is 0. The molecule has 1 aromatic heterocycles. The molecule has 5 heteroatoms. The topological polar surface area (TPSA) is 81.0 Å². The van der Waals surface area contributed by atoms with E-state index in [1.807, 2.05) is 37.3 Å². The number of aromatic amines is 1. The van der Waals surface area contributed by atoms with Gasteiger partial charge in [0.15, 0.2) is 5.69 Å². The van der Waals surface area contributed by atoms with Crippen molar-refractivity contribution in [3.05, 3.63) is 52.8 Å². The number of nitrogens with zero attached hydrogens (tertiary/aromatic N) is 1. The predicted molar refractivity (Wildman–Crippen MR) is 76.4 cm³/mol. The Morgan fingerprint density at radius 1 is 1.40 bits per heavy atom. The summed E-state index contributed by atoms with van der Waals surface area (Å²) in [6.07, 6.45) is 0.542. The lowest BCUT2D eigenvalue weighted by molar-refractivity contribution is 0.0518. The largest absolute Gasteiger partial charge is 0.461 e. The lowest BCUT2D eigenvalue weighted by Crippen LogP contribution is -2.16. The molecule has 0 aliphatic rings. The molecule has 106 valence electrons. The minimum atomic E-state index is -0.410. The van der Waals surface area contributed by atoms with Crippen LogP contribution in [-0.2, 0) is 11.2 Å². The number of carbonyl (C=O) groups excluding carboxylic acids is 1. The van der Waals surface area contributed by atoms with Gasteiger partial charge in [0.05, 0.1) is 6.61 Å². The number of aromatic nitrogens is 2. The van der Waals surface area contributed by atoms with Crippen molar-refractivity contribution in [1.29, 1.82) is 0 Å². The van der Waals surface area contributed by atoms with Crippen LogP contribution < -0.4 is 5.73 Å². The third-order valence-corrected chi connectivity index (χ3v) is 3.19. The second-order valence-corrected chi connectivity index (χ2v) is 4.62. The molecule has 0 aliphatic heterocycles. The van der Waals surface area contributed by atoms with Crippen LogP contribution in [0.4, 0.5) is 0 Å². The first-order chi connectivity index (χ1) is 9.63. The van der Waals surface area contributed by atoms with Crippen LogP contribution in [0.2, 0.25) is 0 Å². The smallest absolute Gasteiger partial charge is 0.359 e. The fourth-order valence-electron chi connectivity index (χ4n) is 2.11. The van der Waals surface area contributed by atoms with Crippen LogP contribution in [0.5, 0.6) is 0 Å². The van der Waals surface area contributed by atoms with Gasteiger partial charge in [-0.15, -0.1) is 0 Å². The molecule has 3 N–H and O–H groups in total. The molecule has 0 radical (unpaired) electrons. The van der Waals surface area contributed by atoms with Crippen LogP contribution in [0, 0.1) is 6.92 Å². The first-order valence-corrected chi connectivity index (χ1v) is 6.65. The number of nitrogens with two attached hydrogens (primary N) is 1. The number of rotatable bonds is 5. The first-order valence-electron chi connectivity index (χ1n) is 6.65. The average Bonchev–Trinajstić information content (AvgIpc) is 2.81. The molecule has 1 heterocycles. The molecule has 0 aliphatic carbocycles. The zero-order valence-electron chi connectivity index (χ0n) is 11.7. The molecule has 0 bridgehead atoms. The van der Waals surface area contributed by atoms with Gasteiger partial charge in [-0.2, -0.15) is 5.10 Å². The van der Waals surface area contributed by atoms with Gasteiger partial charge < -0.3 is 10.5 Å². The van der Waals surface area contributed by atoms with E-state index in [9.17, 15) is 4.79 Å². The third kappa shape index (κ3) is 3.05. The van der Waals surface area contributed by atoms with E-state index in [-0.39, 0.29) is 6.04 Å². The molecule has 20 heavy (non-hydrogen) atoms. The number of ether oxygens (including phenoxy) is 1. The maximum absolute atomic E-state index is 11.9. The first kappa shape index (κ1) is 14.3. The standard InChI is InChI=1S/C15H19N3O2/c1-3-20-15(19)14-12(10(2)17-18-14)9-13(16)11-7-5-4-6-8-11/h4-8,13H,3,9,16H2,1-2H3,(H,17,18)/t13-/m1/s1. The van der Waals surface area contributed by atoms with Crippen LogP contribution in [0.3, 0.4) is 0 Å². The molecular formula is C15H19N3O2. The SMILES string of the molecule is CCOC(=O)c1n[nH]c(C)c1C[C@@H](N)c1ccccc1. The lowest BCUT2D eigenvalue weighted by atomic mass is 9.98. The minimum absolute atomic E-state index is 0.180. The number of nitrogens with one attached hydrogen (secondary N) is 1. The number of benzene rings is 1. The molecule has 0 saturated heterocycles. The summed E-state index contributed by atoms with van der Waals surface area (Å²) in [5.41, 5.74) is 9.23. The maximum atomic E-state index is 11.9. The van der Waals surface area contributed by atoms with Gasteiger partial charge >= 0.3 is 5.97 Å². The maximum Gasteiger partial charge on any atom is 0.359 e. The predicted octanol–water partition coefficient (Wildman–Crippen LogP) is 2.14. The molecule has 0 unspecified atom stereocenters. The van der Waals surface area contributed by atoms with E-state index >= 15 is 0 Å². The molecule has 0 amide bonds. The van der Waals surface area contributed by atoms with E-state index in [1.165, 1.54) is 0 Å². The summed E-state index contributed by atoms with van der Waals surface area (Å²) >= 11 is 0. The van der Waals surface area contributed by atoms with E-state index in [4.69, 9.17) is 10.5 Å². The van der Waals surface area contributed by atoms with Crippen molar-refractivity contribution >= 4 is 5.97 Å². The monoisotopic (exact) mass is 273 g/mol. The number of esters is 1. The van der Waals surface area contributed by atoms with Gasteiger partial charge in [0.2, 0.25) is 0 Å². The van der Waals surface area contributed by atoms with Crippen LogP contribution in [0.15, 0.2) is 30.3 Å². The summed E-state index contributed by atoms with van der Waals surface area (Å²) in [5, 5.41) is 6.85. The van der Waals surface area contributed by atoms with E-state index in [0.717, 1.165) is 16.8 Å². The Kier molecular flexibility index (Phi) is 4.53. The van der Waals surface area contributed by atoms with Crippen LogP contribution in [-0.4, -0.2) is 22.8 Å². The summed E-state index contributed by atoms with van der Waals surface area (Å²) in [4.78, 5) is 11.9. The van der Waals surface area contributed by atoms with E-state index in [1.54, 1.807) is 6.92 Å². The lowest BCUT2D eigenvalue weighted by Gasteiger charge is -2.12. The molecule has 1 aromatic carbocycles. The molecule has 0 fully saturated rings. The number of H-pyrrole nitrogens is 1. The number of aryl methyl sites for hydroxylation is 1. The highest BCUT2D eigenvalue weighted by atomic mass is 16.5. The Balaban J connectivity index is 2.21. The molecule has 2 aromatic rings. The number of hydrogen-bond acceptors (Lipinski definition) is 4. The van der Waals surface area contributed by atoms with Crippen LogP contribution >= 0.6 is 0 Å². The summed E-state index contributed by atoms with van der Waals surface area (Å²) in [6.45, 7) is 3.98. The van der Waals surface area contributed by atoms with Gasteiger partial charge in [0.25, 0.3) is 0 Å². The Bertz CT molecular complexity index is 578. The second kappa shape index (κ2) is 6.34. The summed E-state index contributed by atoms with van der Waals surface area (Å²) < 4.78 is 5.01. The molecule has 0 spiro atoms. The summed E-state index contributed by atoms with van der Waals surface area (Å²) in [5.74, 6) is -0.410. The fourth-order valence-corrected chi connectivity index (χ4v) is 2.11. The van der Waals surface area contributed by atoms with Crippen molar-refractivity contribution in [3.63, 3.8) is 0 Å². The van der Waals surface area contributed by atoms with E-state index in [2.05, 4.69) is 10.2 Å². The van der Waals surface area contributed by atoms with Crippen molar-refractivity contribution in [3.8, 4) is 0 Å². The third-order valence-electron chi connectivity index (χ3n) is 3.19. The Morgan fingerprint density at radius 3 is 2.75 bits per heavy atom. The second-order valence-electron chi connectivity index (χ2n) is 4.62. The minimum Gasteiger partial charge on any atom is -0.461 e.